The highest BCUT2D eigenvalue weighted by Crippen LogP contribution is 2.53. The Bertz CT molecular complexity index is 216. The molecule has 2 rings (SSSR count). The Kier molecular flexibility index (Phi) is 1.68. The van der Waals surface area contributed by atoms with Gasteiger partial charge in [-0.2, -0.15) is 5.26 Å². The second-order valence-corrected chi connectivity index (χ2v) is 5.06. The third-order valence-corrected chi connectivity index (χ3v) is 3.63. The smallest absolute Gasteiger partial charge is 0.0689 e. The summed E-state index contributed by atoms with van der Waals surface area (Å²) in [6.07, 6.45) is 8.99. The molecule has 2 saturated carbocycles. The lowest BCUT2D eigenvalue weighted by Gasteiger charge is -2.09. The van der Waals surface area contributed by atoms with E-state index in [0.717, 1.165) is 0 Å². The fourth-order valence-corrected chi connectivity index (χ4v) is 1.89. The van der Waals surface area contributed by atoms with Crippen LogP contribution < -0.4 is 0 Å². The molecule has 0 N–H and O–H groups in total. The van der Waals surface area contributed by atoms with Crippen molar-refractivity contribution in [1.29, 1.82) is 5.26 Å². The van der Waals surface area contributed by atoms with Crippen molar-refractivity contribution < 1.29 is 0 Å². The van der Waals surface area contributed by atoms with Crippen molar-refractivity contribution in [1.82, 2.24) is 0 Å². The summed E-state index contributed by atoms with van der Waals surface area (Å²) in [5.41, 5.74) is 0.830. The highest BCUT2D eigenvalue weighted by molar-refractivity contribution is 5.09. The van der Waals surface area contributed by atoms with Crippen LogP contribution in [0.25, 0.3) is 0 Å². The van der Waals surface area contributed by atoms with Gasteiger partial charge in [0.15, 0.2) is 0 Å². The van der Waals surface area contributed by atoms with Crippen molar-refractivity contribution in [2.45, 2.75) is 51.9 Å². The van der Waals surface area contributed by atoms with E-state index in [-0.39, 0.29) is 5.41 Å². The summed E-state index contributed by atoms with van der Waals surface area (Å²) in [6, 6.07) is 2.46. The first kappa shape index (κ1) is 8.10. The molecule has 0 amide bonds. The van der Waals surface area contributed by atoms with E-state index in [9.17, 15) is 0 Å². The molecule has 0 aromatic carbocycles. The van der Waals surface area contributed by atoms with Gasteiger partial charge < -0.3 is 0 Å². The van der Waals surface area contributed by atoms with Crippen LogP contribution in [-0.2, 0) is 0 Å². The van der Waals surface area contributed by atoms with E-state index >= 15 is 0 Å². The minimum absolute atomic E-state index is 0.144. The van der Waals surface area contributed by atoms with Gasteiger partial charge >= 0.3 is 0 Å². The summed E-state index contributed by atoms with van der Waals surface area (Å²) < 4.78 is 0. The molecule has 0 radical (unpaired) electrons. The Hall–Kier alpha value is -0.510. The summed E-state index contributed by atoms with van der Waals surface area (Å²) in [4.78, 5) is 0. The summed E-state index contributed by atoms with van der Waals surface area (Å²) in [7, 11) is 0. The zero-order chi connectivity index (χ0) is 8.66. The Morgan fingerprint density at radius 2 is 1.83 bits per heavy atom. The quantitative estimate of drug-likeness (QED) is 0.624. The fourth-order valence-electron chi connectivity index (χ4n) is 1.89. The van der Waals surface area contributed by atoms with Crippen LogP contribution in [0, 0.1) is 22.2 Å². The van der Waals surface area contributed by atoms with Gasteiger partial charge in [0.2, 0.25) is 0 Å². The summed E-state index contributed by atoms with van der Waals surface area (Å²) >= 11 is 0. The normalized spacial score (nSPS) is 27.7. The van der Waals surface area contributed by atoms with E-state index in [2.05, 4.69) is 13.0 Å². The molecule has 2 aliphatic rings. The third-order valence-electron chi connectivity index (χ3n) is 3.63. The van der Waals surface area contributed by atoms with E-state index in [0.29, 0.717) is 5.41 Å². The van der Waals surface area contributed by atoms with Gasteiger partial charge in [-0.15, -0.1) is 0 Å². The van der Waals surface area contributed by atoms with Gasteiger partial charge in [0.25, 0.3) is 0 Å². The molecule has 0 saturated heterocycles. The lowest BCUT2D eigenvalue weighted by atomic mass is 9.95. The third kappa shape index (κ3) is 1.63. The zero-order valence-electron chi connectivity index (χ0n) is 7.90. The minimum atomic E-state index is 0.144. The molecular formula is C11H17N. The molecule has 66 valence electrons. The van der Waals surface area contributed by atoms with Crippen LogP contribution in [0.2, 0.25) is 0 Å². The van der Waals surface area contributed by atoms with Gasteiger partial charge in [-0.25, -0.2) is 0 Å². The van der Waals surface area contributed by atoms with E-state index in [4.69, 9.17) is 5.26 Å². The van der Waals surface area contributed by atoms with Crippen LogP contribution in [0.15, 0.2) is 0 Å². The van der Waals surface area contributed by atoms with Crippen LogP contribution in [0.5, 0.6) is 0 Å². The Balaban J connectivity index is 1.66. The van der Waals surface area contributed by atoms with E-state index < -0.39 is 0 Å². The van der Waals surface area contributed by atoms with Crippen molar-refractivity contribution in [2.24, 2.45) is 10.8 Å². The molecule has 2 aliphatic carbocycles. The first-order valence-electron chi connectivity index (χ1n) is 5.09. The van der Waals surface area contributed by atoms with E-state index in [1.165, 1.54) is 44.9 Å². The van der Waals surface area contributed by atoms with Gasteiger partial charge in [0.05, 0.1) is 11.5 Å². The van der Waals surface area contributed by atoms with Crippen LogP contribution in [0.1, 0.15) is 51.9 Å². The standard InChI is InChI=1S/C11H17N/c1-10(5-6-10)3-2-4-11(9-12)7-8-11/h2-8H2,1H3. The maximum Gasteiger partial charge on any atom is 0.0689 e. The van der Waals surface area contributed by atoms with Crippen LogP contribution in [0.4, 0.5) is 0 Å². The highest BCUT2D eigenvalue weighted by Gasteiger charge is 2.43. The Morgan fingerprint density at radius 1 is 1.17 bits per heavy atom. The highest BCUT2D eigenvalue weighted by atomic mass is 14.5. The van der Waals surface area contributed by atoms with Gasteiger partial charge in [0, 0.05) is 0 Å². The molecule has 2 fully saturated rings. The summed E-state index contributed by atoms with van der Waals surface area (Å²) in [5.74, 6) is 0. The molecule has 0 heterocycles. The molecule has 0 unspecified atom stereocenters. The molecule has 0 aromatic rings. The number of nitrogens with zero attached hydrogens (tertiary/aromatic N) is 1. The Labute approximate surface area is 74.8 Å². The second kappa shape index (κ2) is 2.49. The van der Waals surface area contributed by atoms with Crippen LogP contribution in [-0.4, -0.2) is 0 Å². The average molecular weight is 163 g/mol. The first-order chi connectivity index (χ1) is 5.68. The molecule has 1 heteroatoms. The van der Waals surface area contributed by atoms with Gasteiger partial charge in [-0.1, -0.05) is 13.3 Å². The van der Waals surface area contributed by atoms with Crippen LogP contribution >= 0.6 is 0 Å². The summed E-state index contributed by atoms with van der Waals surface area (Å²) in [6.45, 7) is 2.37. The average Bonchev–Trinajstić information content (AvgIpc) is 2.92. The molecule has 1 nitrogen and oxygen atoms in total. The first-order valence-corrected chi connectivity index (χ1v) is 5.09. The Morgan fingerprint density at radius 3 is 2.25 bits per heavy atom. The molecule has 0 atom stereocenters. The molecule has 0 bridgehead atoms. The van der Waals surface area contributed by atoms with Gasteiger partial charge in [-0.3, -0.25) is 0 Å². The topological polar surface area (TPSA) is 23.8 Å². The minimum Gasteiger partial charge on any atom is -0.198 e. The number of rotatable bonds is 4. The predicted octanol–water partition coefficient (Wildman–Crippen LogP) is 3.26. The molecule has 0 spiro atoms. The number of hydrogen-bond donors (Lipinski definition) is 0. The SMILES string of the molecule is CC1(CCCC2(C#N)CC2)CC1. The molecule has 0 aromatic heterocycles. The van der Waals surface area contributed by atoms with Crippen molar-refractivity contribution in [3.8, 4) is 6.07 Å². The predicted molar refractivity (Wildman–Crippen MR) is 48.5 cm³/mol. The van der Waals surface area contributed by atoms with Crippen molar-refractivity contribution in [2.75, 3.05) is 0 Å². The maximum atomic E-state index is 8.85. The van der Waals surface area contributed by atoms with E-state index in [1.807, 2.05) is 0 Å². The number of nitriles is 1. The van der Waals surface area contributed by atoms with Crippen molar-refractivity contribution in [3.63, 3.8) is 0 Å². The zero-order valence-corrected chi connectivity index (χ0v) is 7.90. The second-order valence-electron chi connectivity index (χ2n) is 5.06. The number of hydrogen-bond acceptors (Lipinski definition) is 1. The van der Waals surface area contributed by atoms with Crippen molar-refractivity contribution >= 4 is 0 Å². The van der Waals surface area contributed by atoms with Crippen LogP contribution in [0.3, 0.4) is 0 Å². The molecule has 12 heavy (non-hydrogen) atoms. The lowest BCUT2D eigenvalue weighted by Crippen LogP contribution is -1.99. The van der Waals surface area contributed by atoms with Gasteiger partial charge in [0.1, 0.15) is 0 Å². The monoisotopic (exact) mass is 163 g/mol. The van der Waals surface area contributed by atoms with Gasteiger partial charge in [-0.05, 0) is 43.9 Å². The molecule has 0 aliphatic heterocycles. The largest absolute Gasteiger partial charge is 0.198 e. The fraction of sp³-hybridized carbons (Fsp3) is 0.909. The maximum absolute atomic E-state index is 8.85. The van der Waals surface area contributed by atoms with Crippen molar-refractivity contribution in [3.05, 3.63) is 0 Å². The summed E-state index contributed by atoms with van der Waals surface area (Å²) in [5, 5.41) is 8.85. The molecular weight excluding hydrogens is 146 g/mol. The van der Waals surface area contributed by atoms with E-state index in [1.54, 1.807) is 0 Å². The lowest BCUT2D eigenvalue weighted by molar-refractivity contribution is 0.445.